The topological polar surface area (TPSA) is 52.9 Å². The number of alkyl halides is 3. The van der Waals surface area contributed by atoms with Crippen molar-refractivity contribution in [3.63, 3.8) is 0 Å². The summed E-state index contributed by atoms with van der Waals surface area (Å²) in [4.78, 5) is 12.6. The van der Waals surface area contributed by atoms with Crippen molar-refractivity contribution in [2.24, 2.45) is 5.10 Å². The van der Waals surface area contributed by atoms with Crippen LogP contribution in [-0.4, -0.2) is 33.6 Å². The molecule has 0 fully saturated rings. The molecule has 1 N–H and O–H groups in total. The van der Waals surface area contributed by atoms with Crippen LogP contribution in [0.25, 0.3) is 0 Å². The molecule has 1 heterocycles. The second kappa shape index (κ2) is 6.79. The van der Waals surface area contributed by atoms with E-state index in [4.69, 9.17) is 0 Å². The van der Waals surface area contributed by atoms with Crippen LogP contribution in [0.4, 0.5) is 13.2 Å². The normalized spacial score (nSPS) is 20.2. The summed E-state index contributed by atoms with van der Waals surface area (Å²) in [5, 5.41) is 14.3. The standard InChI is InChI=1S/C17H11Br2F3N2O2/c18-12-5-1-3-10(7-12)14-9-16(26,17(20,21)22)24(23-14)15(25)11-4-2-6-13(19)8-11/h1-8,26H,9H2. The van der Waals surface area contributed by atoms with Gasteiger partial charge in [0.15, 0.2) is 0 Å². The Morgan fingerprint density at radius 1 is 1.12 bits per heavy atom. The van der Waals surface area contributed by atoms with Gasteiger partial charge in [-0.3, -0.25) is 4.79 Å². The summed E-state index contributed by atoms with van der Waals surface area (Å²) in [6.45, 7) is 0. The van der Waals surface area contributed by atoms with Gasteiger partial charge in [0.1, 0.15) is 0 Å². The van der Waals surface area contributed by atoms with Gasteiger partial charge in [0.05, 0.1) is 12.1 Å². The van der Waals surface area contributed by atoms with Gasteiger partial charge in [-0.1, -0.05) is 50.1 Å². The first kappa shape index (κ1) is 19.1. The van der Waals surface area contributed by atoms with Gasteiger partial charge >= 0.3 is 6.18 Å². The van der Waals surface area contributed by atoms with Crippen molar-refractivity contribution in [2.45, 2.75) is 18.3 Å². The molecule has 1 aliphatic rings. The molecule has 0 aliphatic carbocycles. The third kappa shape index (κ3) is 3.43. The van der Waals surface area contributed by atoms with Crippen molar-refractivity contribution in [2.75, 3.05) is 0 Å². The van der Waals surface area contributed by atoms with E-state index in [0.717, 1.165) is 0 Å². The summed E-state index contributed by atoms with van der Waals surface area (Å²) in [5.74, 6) is -1.05. The lowest BCUT2D eigenvalue weighted by Gasteiger charge is -2.32. The smallest absolute Gasteiger partial charge is 0.362 e. The van der Waals surface area contributed by atoms with Gasteiger partial charge in [-0.05, 0) is 35.9 Å². The van der Waals surface area contributed by atoms with Crippen molar-refractivity contribution in [1.82, 2.24) is 5.01 Å². The Hall–Kier alpha value is -1.71. The number of amides is 1. The molecule has 0 aromatic heterocycles. The second-order valence-corrected chi connectivity index (χ2v) is 7.51. The van der Waals surface area contributed by atoms with Gasteiger partial charge in [-0.15, -0.1) is 0 Å². The van der Waals surface area contributed by atoms with Crippen LogP contribution in [0.15, 0.2) is 62.6 Å². The van der Waals surface area contributed by atoms with E-state index in [1.54, 1.807) is 30.3 Å². The molecule has 0 radical (unpaired) electrons. The number of hydrazone groups is 1. The third-order valence-corrected chi connectivity index (χ3v) is 4.85. The van der Waals surface area contributed by atoms with Crippen LogP contribution in [0.1, 0.15) is 22.3 Å². The van der Waals surface area contributed by atoms with E-state index in [2.05, 4.69) is 37.0 Å². The van der Waals surface area contributed by atoms with Gasteiger partial charge in [0.25, 0.3) is 11.6 Å². The SMILES string of the molecule is O=C(c1cccc(Br)c1)N1N=C(c2cccc(Br)c2)CC1(O)C(F)(F)F. The zero-order valence-corrected chi connectivity index (χ0v) is 16.1. The highest BCUT2D eigenvalue weighted by atomic mass is 79.9. The molecule has 0 spiro atoms. The van der Waals surface area contributed by atoms with E-state index in [1.807, 2.05) is 0 Å². The molecule has 26 heavy (non-hydrogen) atoms. The van der Waals surface area contributed by atoms with Crippen molar-refractivity contribution >= 4 is 43.5 Å². The molecule has 2 aromatic carbocycles. The first-order valence-corrected chi connectivity index (χ1v) is 8.93. The van der Waals surface area contributed by atoms with Crippen LogP contribution in [0.2, 0.25) is 0 Å². The first-order chi connectivity index (χ1) is 12.1. The molecule has 4 nitrogen and oxygen atoms in total. The molecule has 0 saturated heterocycles. The molecule has 0 saturated carbocycles. The fourth-order valence-electron chi connectivity index (χ4n) is 2.55. The number of benzene rings is 2. The number of hydrogen-bond acceptors (Lipinski definition) is 3. The summed E-state index contributed by atoms with van der Waals surface area (Å²) < 4.78 is 41.9. The monoisotopic (exact) mass is 490 g/mol. The lowest BCUT2D eigenvalue weighted by atomic mass is 10.0. The molecule has 1 unspecified atom stereocenters. The van der Waals surface area contributed by atoms with Crippen molar-refractivity contribution in [3.05, 3.63) is 68.6 Å². The maximum atomic E-state index is 13.6. The number of carbonyl (C=O) groups is 1. The van der Waals surface area contributed by atoms with Gasteiger partial charge in [0.2, 0.25) is 0 Å². The number of aliphatic hydroxyl groups is 1. The molecule has 1 aliphatic heterocycles. The minimum Gasteiger partial charge on any atom is -0.362 e. The lowest BCUT2D eigenvalue weighted by molar-refractivity contribution is -0.297. The summed E-state index contributed by atoms with van der Waals surface area (Å²) in [7, 11) is 0. The molecule has 3 rings (SSSR count). The van der Waals surface area contributed by atoms with Crippen molar-refractivity contribution in [1.29, 1.82) is 0 Å². The second-order valence-electron chi connectivity index (χ2n) is 5.68. The van der Waals surface area contributed by atoms with E-state index in [0.29, 0.717) is 14.5 Å². The molecule has 9 heteroatoms. The largest absolute Gasteiger partial charge is 0.438 e. The summed E-state index contributed by atoms with van der Waals surface area (Å²) in [5.41, 5.74) is -3.09. The van der Waals surface area contributed by atoms with E-state index >= 15 is 0 Å². The Balaban J connectivity index is 2.07. The molecule has 1 atom stereocenters. The van der Waals surface area contributed by atoms with E-state index in [9.17, 15) is 23.1 Å². The highest BCUT2D eigenvalue weighted by Crippen LogP contribution is 2.42. The zero-order chi connectivity index (χ0) is 19.1. The number of carbonyl (C=O) groups excluding carboxylic acids is 1. The van der Waals surface area contributed by atoms with Gasteiger partial charge in [0, 0.05) is 14.5 Å². The number of hydrogen-bond donors (Lipinski definition) is 1. The number of halogens is 5. The average Bonchev–Trinajstić information content (AvgIpc) is 2.93. The van der Waals surface area contributed by atoms with Crippen LogP contribution < -0.4 is 0 Å². The predicted octanol–water partition coefficient (Wildman–Crippen LogP) is 4.71. The maximum Gasteiger partial charge on any atom is 0.438 e. The summed E-state index contributed by atoms with van der Waals surface area (Å²) in [6.07, 6.45) is -5.93. The minimum atomic E-state index is -5.08. The van der Waals surface area contributed by atoms with Crippen molar-refractivity contribution < 1.29 is 23.1 Å². The van der Waals surface area contributed by atoms with Crippen LogP contribution in [0, 0.1) is 0 Å². The Morgan fingerprint density at radius 3 is 2.31 bits per heavy atom. The summed E-state index contributed by atoms with van der Waals surface area (Å²) >= 11 is 6.41. The Morgan fingerprint density at radius 2 is 1.73 bits per heavy atom. The first-order valence-electron chi connectivity index (χ1n) is 7.34. The molecule has 136 valence electrons. The van der Waals surface area contributed by atoms with E-state index < -0.39 is 24.2 Å². The average molecular weight is 492 g/mol. The Bertz CT molecular complexity index is 902. The van der Waals surface area contributed by atoms with E-state index in [1.165, 1.54) is 18.2 Å². The third-order valence-electron chi connectivity index (χ3n) is 3.86. The van der Waals surface area contributed by atoms with Gasteiger partial charge in [-0.2, -0.15) is 23.3 Å². The fourth-order valence-corrected chi connectivity index (χ4v) is 3.35. The Kier molecular flexibility index (Phi) is 4.98. The quantitative estimate of drug-likeness (QED) is 0.661. The highest BCUT2D eigenvalue weighted by molar-refractivity contribution is 9.10. The fraction of sp³-hybridized carbons (Fsp3) is 0.176. The van der Waals surface area contributed by atoms with Gasteiger partial charge in [-0.25, -0.2) is 0 Å². The maximum absolute atomic E-state index is 13.6. The highest BCUT2D eigenvalue weighted by Gasteiger charge is 2.63. The van der Waals surface area contributed by atoms with Crippen LogP contribution in [0.5, 0.6) is 0 Å². The Labute approximate surface area is 163 Å². The predicted molar refractivity (Wildman–Crippen MR) is 96.6 cm³/mol. The van der Waals surface area contributed by atoms with Crippen LogP contribution in [0.3, 0.4) is 0 Å². The van der Waals surface area contributed by atoms with Crippen LogP contribution in [-0.2, 0) is 0 Å². The summed E-state index contributed by atoms with van der Waals surface area (Å²) in [6, 6.07) is 12.3. The zero-order valence-electron chi connectivity index (χ0n) is 13.0. The van der Waals surface area contributed by atoms with Crippen LogP contribution >= 0.6 is 31.9 Å². The van der Waals surface area contributed by atoms with E-state index in [-0.39, 0.29) is 16.3 Å². The number of nitrogens with zero attached hydrogens (tertiary/aromatic N) is 2. The molecule has 2 aromatic rings. The molecular weight excluding hydrogens is 481 g/mol. The molecule has 1 amide bonds. The number of rotatable bonds is 2. The van der Waals surface area contributed by atoms with Crippen molar-refractivity contribution in [3.8, 4) is 0 Å². The van der Waals surface area contributed by atoms with Gasteiger partial charge < -0.3 is 5.11 Å². The molecular formula is C17H11Br2F3N2O2. The molecule has 0 bridgehead atoms. The lowest BCUT2D eigenvalue weighted by Crippen LogP contribution is -2.56. The minimum absolute atomic E-state index is 0.0266.